The topological polar surface area (TPSA) is 73.9 Å². The molecule has 158 valence electrons. The van der Waals surface area contributed by atoms with Gasteiger partial charge < -0.3 is 19.5 Å². The molecule has 4 saturated carbocycles. The van der Waals surface area contributed by atoms with E-state index in [-0.39, 0.29) is 23.9 Å². The molecule has 0 spiro atoms. The Balaban J connectivity index is 1.22. The van der Waals surface area contributed by atoms with E-state index in [9.17, 15) is 9.59 Å². The summed E-state index contributed by atoms with van der Waals surface area (Å²) < 4.78 is 15.8. The molecule has 0 atom stereocenters. The number of hydrogen-bond acceptors (Lipinski definition) is 5. The molecule has 1 aromatic carbocycles. The molecule has 4 fully saturated rings. The smallest absolute Gasteiger partial charge is 0.306 e. The summed E-state index contributed by atoms with van der Waals surface area (Å²) in [5, 5.41) is 2.79. The van der Waals surface area contributed by atoms with Gasteiger partial charge in [0, 0.05) is 6.54 Å². The van der Waals surface area contributed by atoms with Crippen LogP contribution in [0.4, 0.5) is 0 Å². The number of nitrogens with one attached hydrogen (secondary N) is 1. The van der Waals surface area contributed by atoms with Gasteiger partial charge in [0.25, 0.3) is 5.91 Å². The summed E-state index contributed by atoms with van der Waals surface area (Å²) in [7, 11) is 3.15. The van der Waals surface area contributed by atoms with Gasteiger partial charge in [0.15, 0.2) is 18.1 Å². The molecule has 0 saturated heterocycles. The third-order valence-electron chi connectivity index (χ3n) is 6.99. The van der Waals surface area contributed by atoms with Gasteiger partial charge in [0.2, 0.25) is 0 Å². The lowest BCUT2D eigenvalue weighted by atomic mass is 9.49. The first kappa shape index (κ1) is 20.0. The van der Waals surface area contributed by atoms with E-state index >= 15 is 0 Å². The minimum atomic E-state index is -0.293. The lowest BCUT2D eigenvalue weighted by Gasteiger charge is -2.56. The van der Waals surface area contributed by atoms with Gasteiger partial charge in [-0.1, -0.05) is 6.07 Å². The monoisotopic (exact) mass is 401 g/mol. The maximum Gasteiger partial charge on any atom is 0.306 e. The summed E-state index contributed by atoms with van der Waals surface area (Å²) in [5.41, 5.74) is 1.03. The number of hydrogen-bond donors (Lipinski definition) is 1. The molecule has 0 aliphatic heterocycles. The quantitative estimate of drug-likeness (QED) is 0.675. The molecular formula is C23H31NO5. The average Bonchev–Trinajstić information content (AvgIpc) is 2.69. The van der Waals surface area contributed by atoms with E-state index in [0.29, 0.717) is 24.5 Å². The largest absolute Gasteiger partial charge is 0.493 e. The van der Waals surface area contributed by atoms with Crippen molar-refractivity contribution in [3.8, 4) is 11.5 Å². The van der Waals surface area contributed by atoms with Crippen LogP contribution in [0.5, 0.6) is 11.5 Å². The second-order valence-corrected chi connectivity index (χ2v) is 9.22. The molecule has 29 heavy (non-hydrogen) atoms. The predicted octanol–water partition coefficient (Wildman–Crippen LogP) is 3.47. The fraction of sp³-hybridized carbons (Fsp3) is 0.652. The van der Waals surface area contributed by atoms with Crippen LogP contribution in [0.3, 0.4) is 0 Å². The number of ether oxygens (including phenoxy) is 3. The third kappa shape index (κ3) is 4.51. The fourth-order valence-electron chi connectivity index (χ4n) is 6.25. The lowest BCUT2D eigenvalue weighted by molar-refractivity contribution is -0.155. The maximum absolute atomic E-state index is 12.4. The Morgan fingerprint density at radius 3 is 2.21 bits per heavy atom. The number of carbonyl (C=O) groups is 2. The summed E-state index contributed by atoms with van der Waals surface area (Å²) in [6.45, 7) is 0.115. The molecule has 4 aliphatic rings. The van der Waals surface area contributed by atoms with Gasteiger partial charge >= 0.3 is 5.97 Å². The zero-order chi connectivity index (χ0) is 20.4. The summed E-state index contributed by atoms with van der Waals surface area (Å²) >= 11 is 0. The van der Waals surface area contributed by atoms with Crippen molar-refractivity contribution in [2.24, 2.45) is 23.2 Å². The molecule has 4 bridgehead atoms. The number of carbonyl (C=O) groups excluding carboxylic acids is 2. The summed E-state index contributed by atoms with van der Waals surface area (Å²) in [5.74, 6) is 3.14. The van der Waals surface area contributed by atoms with Gasteiger partial charge in [-0.15, -0.1) is 0 Å². The second-order valence-electron chi connectivity index (χ2n) is 9.22. The van der Waals surface area contributed by atoms with Crippen molar-refractivity contribution < 1.29 is 23.8 Å². The van der Waals surface area contributed by atoms with Crippen LogP contribution in [0.1, 0.15) is 50.5 Å². The SMILES string of the molecule is COc1ccc(CNC(=O)COC(=O)CC23CC4CC(CC(C4)C2)C3)cc1OC. The lowest BCUT2D eigenvalue weighted by Crippen LogP contribution is -2.47. The standard InChI is InChI=1S/C23H31NO5/c1-27-19-4-3-15(8-20(19)28-2)13-24-21(25)14-29-22(26)12-23-9-16-5-17(10-23)7-18(6-16)11-23/h3-4,8,16-18H,5-7,9-14H2,1-2H3,(H,24,25). The van der Waals surface area contributed by atoms with Crippen molar-refractivity contribution in [2.45, 2.75) is 51.5 Å². The highest BCUT2D eigenvalue weighted by Gasteiger charge is 2.51. The molecule has 0 unspecified atom stereocenters. The van der Waals surface area contributed by atoms with E-state index in [1.54, 1.807) is 20.3 Å². The van der Waals surface area contributed by atoms with Crippen LogP contribution in [0.25, 0.3) is 0 Å². The highest BCUT2D eigenvalue weighted by molar-refractivity contribution is 5.80. The average molecular weight is 402 g/mol. The maximum atomic E-state index is 12.4. The van der Waals surface area contributed by atoms with Crippen LogP contribution in [0.2, 0.25) is 0 Å². The summed E-state index contributed by atoms with van der Waals surface area (Å²) in [6, 6.07) is 5.48. The highest BCUT2D eigenvalue weighted by atomic mass is 16.5. The van der Waals surface area contributed by atoms with E-state index in [4.69, 9.17) is 14.2 Å². The number of methoxy groups -OCH3 is 2. The van der Waals surface area contributed by atoms with Crippen LogP contribution < -0.4 is 14.8 Å². The van der Waals surface area contributed by atoms with Crippen molar-refractivity contribution in [2.75, 3.05) is 20.8 Å². The molecule has 1 N–H and O–H groups in total. The number of esters is 1. The van der Waals surface area contributed by atoms with Gasteiger partial charge in [-0.2, -0.15) is 0 Å². The Labute approximate surface area is 172 Å². The minimum absolute atomic E-state index is 0.141. The molecule has 0 radical (unpaired) electrons. The number of benzene rings is 1. The molecule has 0 heterocycles. The third-order valence-corrected chi connectivity index (χ3v) is 6.99. The van der Waals surface area contributed by atoms with Crippen LogP contribution in [0.15, 0.2) is 18.2 Å². The highest BCUT2D eigenvalue weighted by Crippen LogP contribution is 2.61. The van der Waals surface area contributed by atoms with E-state index in [1.165, 1.54) is 38.5 Å². The van der Waals surface area contributed by atoms with Gasteiger partial charge in [-0.05, 0) is 79.4 Å². The second kappa shape index (κ2) is 8.25. The van der Waals surface area contributed by atoms with E-state index in [1.807, 2.05) is 12.1 Å². The molecule has 4 aliphatic carbocycles. The Hall–Kier alpha value is -2.24. The first-order valence-electron chi connectivity index (χ1n) is 10.6. The molecule has 5 rings (SSSR count). The normalized spacial score (nSPS) is 29.4. The van der Waals surface area contributed by atoms with Gasteiger partial charge in [-0.25, -0.2) is 0 Å². The van der Waals surface area contributed by atoms with Crippen molar-refractivity contribution in [3.63, 3.8) is 0 Å². The van der Waals surface area contributed by atoms with Crippen molar-refractivity contribution in [1.82, 2.24) is 5.32 Å². The van der Waals surface area contributed by atoms with Crippen LogP contribution in [0, 0.1) is 23.2 Å². The van der Waals surface area contributed by atoms with Crippen LogP contribution >= 0.6 is 0 Å². The van der Waals surface area contributed by atoms with Gasteiger partial charge in [-0.3, -0.25) is 9.59 Å². The fourth-order valence-corrected chi connectivity index (χ4v) is 6.25. The van der Waals surface area contributed by atoms with E-state index < -0.39 is 0 Å². The Kier molecular flexibility index (Phi) is 5.70. The van der Waals surface area contributed by atoms with E-state index in [2.05, 4.69) is 5.32 Å². The Morgan fingerprint density at radius 1 is 1.00 bits per heavy atom. The molecule has 6 heteroatoms. The molecule has 6 nitrogen and oxygen atoms in total. The molecule has 1 amide bonds. The van der Waals surface area contributed by atoms with Gasteiger partial charge in [0.05, 0.1) is 20.6 Å². The summed E-state index contributed by atoms with van der Waals surface area (Å²) in [6.07, 6.45) is 8.03. The number of amides is 1. The zero-order valence-corrected chi connectivity index (χ0v) is 17.4. The minimum Gasteiger partial charge on any atom is -0.493 e. The van der Waals surface area contributed by atoms with E-state index in [0.717, 1.165) is 23.3 Å². The number of rotatable bonds is 8. The first-order valence-corrected chi connectivity index (χ1v) is 10.6. The predicted molar refractivity (Wildman–Crippen MR) is 108 cm³/mol. The van der Waals surface area contributed by atoms with Crippen molar-refractivity contribution in [3.05, 3.63) is 23.8 Å². The Morgan fingerprint density at radius 2 is 1.62 bits per heavy atom. The molecule has 1 aromatic rings. The van der Waals surface area contributed by atoms with Gasteiger partial charge in [0.1, 0.15) is 0 Å². The molecule has 0 aromatic heterocycles. The Bertz CT molecular complexity index is 739. The zero-order valence-electron chi connectivity index (χ0n) is 17.4. The van der Waals surface area contributed by atoms with Crippen molar-refractivity contribution >= 4 is 11.9 Å². The summed E-state index contributed by atoms with van der Waals surface area (Å²) in [4.78, 5) is 24.5. The molecular weight excluding hydrogens is 370 g/mol. The van der Waals surface area contributed by atoms with Crippen LogP contribution in [-0.2, 0) is 20.9 Å². The van der Waals surface area contributed by atoms with Crippen molar-refractivity contribution in [1.29, 1.82) is 0 Å². The first-order chi connectivity index (χ1) is 14.0. The van der Waals surface area contributed by atoms with Crippen LogP contribution in [-0.4, -0.2) is 32.7 Å².